The molecule has 2 aromatic rings. The highest BCUT2D eigenvalue weighted by Crippen LogP contribution is 2.30. The van der Waals surface area contributed by atoms with E-state index >= 15 is 0 Å². The van der Waals surface area contributed by atoms with Gasteiger partial charge in [0.25, 0.3) is 0 Å². The van der Waals surface area contributed by atoms with E-state index in [0.717, 1.165) is 11.1 Å². The molecule has 0 aliphatic carbocycles. The lowest BCUT2D eigenvalue weighted by molar-refractivity contribution is -0.120. The number of nitrogens with two attached hydrogens (primary N) is 1. The standard InChI is InChI=1S/C13H14ClN3O2/c1-8(13(15)18)17-7-10(6-16-17)9-3-4-12(19-2)11(14)5-9/h3-8H,1-2H3,(H2,15,18). The first kappa shape index (κ1) is 13.4. The van der Waals surface area contributed by atoms with Crippen LogP contribution in [-0.2, 0) is 4.79 Å². The number of halogens is 1. The number of amides is 1. The lowest BCUT2D eigenvalue weighted by Gasteiger charge is -2.07. The highest BCUT2D eigenvalue weighted by atomic mass is 35.5. The van der Waals surface area contributed by atoms with E-state index in [0.29, 0.717) is 10.8 Å². The molecular formula is C13H14ClN3O2. The van der Waals surface area contributed by atoms with E-state index in [-0.39, 0.29) is 0 Å². The van der Waals surface area contributed by atoms with Gasteiger partial charge in [-0.25, -0.2) is 0 Å². The molecule has 0 bridgehead atoms. The van der Waals surface area contributed by atoms with Gasteiger partial charge in [0.1, 0.15) is 11.8 Å². The molecule has 0 aliphatic rings. The van der Waals surface area contributed by atoms with Crippen molar-refractivity contribution in [3.63, 3.8) is 0 Å². The quantitative estimate of drug-likeness (QED) is 0.933. The van der Waals surface area contributed by atoms with Crippen LogP contribution in [-0.4, -0.2) is 22.8 Å². The van der Waals surface area contributed by atoms with Crippen molar-refractivity contribution in [2.24, 2.45) is 5.73 Å². The van der Waals surface area contributed by atoms with E-state index in [1.807, 2.05) is 6.07 Å². The molecule has 19 heavy (non-hydrogen) atoms. The first-order valence-corrected chi connectivity index (χ1v) is 6.08. The van der Waals surface area contributed by atoms with Crippen molar-refractivity contribution < 1.29 is 9.53 Å². The highest BCUT2D eigenvalue weighted by molar-refractivity contribution is 6.32. The maximum absolute atomic E-state index is 11.1. The second-order valence-electron chi connectivity index (χ2n) is 4.14. The Morgan fingerprint density at radius 2 is 2.21 bits per heavy atom. The number of hydrogen-bond acceptors (Lipinski definition) is 3. The summed E-state index contributed by atoms with van der Waals surface area (Å²) in [4.78, 5) is 11.1. The molecule has 5 nitrogen and oxygen atoms in total. The molecule has 0 aliphatic heterocycles. The summed E-state index contributed by atoms with van der Waals surface area (Å²) in [6.07, 6.45) is 3.42. The molecule has 1 aromatic heterocycles. The normalized spacial score (nSPS) is 12.2. The van der Waals surface area contributed by atoms with Gasteiger partial charge in [0.15, 0.2) is 0 Å². The molecule has 0 fully saturated rings. The molecule has 2 N–H and O–H groups in total. The monoisotopic (exact) mass is 279 g/mol. The number of hydrogen-bond donors (Lipinski definition) is 1. The molecule has 2 rings (SSSR count). The van der Waals surface area contributed by atoms with E-state index in [1.165, 1.54) is 4.68 Å². The van der Waals surface area contributed by atoms with E-state index < -0.39 is 11.9 Å². The third-order valence-corrected chi connectivity index (χ3v) is 3.19. The van der Waals surface area contributed by atoms with Crippen molar-refractivity contribution in [3.8, 4) is 16.9 Å². The van der Waals surface area contributed by atoms with Crippen molar-refractivity contribution in [3.05, 3.63) is 35.6 Å². The number of ether oxygens (including phenoxy) is 1. The Bertz CT molecular complexity index is 610. The van der Waals surface area contributed by atoms with Crippen molar-refractivity contribution in [2.45, 2.75) is 13.0 Å². The Kier molecular flexibility index (Phi) is 3.76. The summed E-state index contributed by atoms with van der Waals surface area (Å²) in [6, 6.07) is 4.96. The summed E-state index contributed by atoms with van der Waals surface area (Å²) in [5.41, 5.74) is 7.00. The summed E-state index contributed by atoms with van der Waals surface area (Å²) in [7, 11) is 1.56. The molecule has 0 spiro atoms. The Morgan fingerprint density at radius 1 is 1.47 bits per heavy atom. The van der Waals surface area contributed by atoms with Gasteiger partial charge in [0.05, 0.1) is 18.3 Å². The van der Waals surface area contributed by atoms with Crippen LogP contribution >= 0.6 is 11.6 Å². The summed E-state index contributed by atoms with van der Waals surface area (Å²) in [5, 5.41) is 4.65. The first-order valence-electron chi connectivity index (χ1n) is 5.70. The molecule has 0 saturated heterocycles. The number of carbonyl (C=O) groups is 1. The highest BCUT2D eigenvalue weighted by Gasteiger charge is 2.13. The number of benzene rings is 1. The number of methoxy groups -OCH3 is 1. The SMILES string of the molecule is COc1ccc(-c2cnn(C(C)C(N)=O)c2)cc1Cl. The third-order valence-electron chi connectivity index (χ3n) is 2.90. The fourth-order valence-corrected chi connectivity index (χ4v) is 1.93. The number of primary amides is 1. The maximum Gasteiger partial charge on any atom is 0.241 e. The van der Waals surface area contributed by atoms with Crippen molar-refractivity contribution >= 4 is 17.5 Å². The Morgan fingerprint density at radius 3 is 2.79 bits per heavy atom. The fraction of sp³-hybridized carbons (Fsp3) is 0.231. The molecule has 6 heteroatoms. The minimum atomic E-state index is -0.484. The van der Waals surface area contributed by atoms with Crippen LogP contribution in [0.1, 0.15) is 13.0 Å². The average molecular weight is 280 g/mol. The first-order chi connectivity index (χ1) is 9.02. The lowest BCUT2D eigenvalue weighted by Crippen LogP contribution is -2.24. The molecule has 1 atom stereocenters. The zero-order valence-corrected chi connectivity index (χ0v) is 11.4. The summed E-state index contributed by atoms with van der Waals surface area (Å²) >= 11 is 6.07. The number of nitrogens with zero attached hydrogens (tertiary/aromatic N) is 2. The van der Waals surface area contributed by atoms with Gasteiger partial charge in [0.2, 0.25) is 5.91 Å². The molecule has 100 valence electrons. The molecule has 1 unspecified atom stereocenters. The molecular weight excluding hydrogens is 266 g/mol. The second kappa shape index (κ2) is 5.32. The number of carbonyl (C=O) groups excluding carboxylic acids is 1. The van der Waals surface area contributed by atoms with Crippen LogP contribution in [0.4, 0.5) is 0 Å². The zero-order chi connectivity index (χ0) is 14.0. The van der Waals surface area contributed by atoms with Crippen molar-refractivity contribution in [2.75, 3.05) is 7.11 Å². The van der Waals surface area contributed by atoms with Gasteiger partial charge >= 0.3 is 0 Å². The topological polar surface area (TPSA) is 70.1 Å². The predicted octanol–water partition coefficient (Wildman–Crippen LogP) is 2.26. The van der Waals surface area contributed by atoms with Gasteiger partial charge in [-0.1, -0.05) is 17.7 Å². The van der Waals surface area contributed by atoms with Crippen LogP contribution in [0.5, 0.6) is 5.75 Å². The van der Waals surface area contributed by atoms with Gasteiger partial charge in [0, 0.05) is 11.8 Å². The van der Waals surface area contributed by atoms with Crippen LogP contribution in [0.25, 0.3) is 11.1 Å². The Balaban J connectivity index is 2.33. The van der Waals surface area contributed by atoms with Crippen molar-refractivity contribution in [1.82, 2.24) is 9.78 Å². The molecule has 0 saturated carbocycles. The summed E-state index contributed by atoms with van der Waals surface area (Å²) < 4.78 is 6.62. The molecule has 1 aromatic carbocycles. The average Bonchev–Trinajstić information content (AvgIpc) is 2.87. The van der Waals surface area contributed by atoms with Gasteiger partial charge in [-0.2, -0.15) is 5.10 Å². The van der Waals surface area contributed by atoms with Gasteiger partial charge in [-0.3, -0.25) is 9.48 Å². The van der Waals surface area contributed by atoms with E-state index in [9.17, 15) is 4.79 Å². The van der Waals surface area contributed by atoms with Gasteiger partial charge < -0.3 is 10.5 Å². The predicted molar refractivity (Wildman–Crippen MR) is 73.1 cm³/mol. The lowest BCUT2D eigenvalue weighted by atomic mass is 10.1. The largest absolute Gasteiger partial charge is 0.495 e. The van der Waals surface area contributed by atoms with Crippen molar-refractivity contribution in [1.29, 1.82) is 0 Å². The van der Waals surface area contributed by atoms with E-state index in [4.69, 9.17) is 22.1 Å². The summed E-state index contributed by atoms with van der Waals surface area (Å²) in [6.45, 7) is 1.69. The van der Waals surface area contributed by atoms with Gasteiger partial charge in [-0.05, 0) is 24.6 Å². The van der Waals surface area contributed by atoms with Crippen LogP contribution in [0, 0.1) is 0 Å². The number of aromatic nitrogens is 2. The minimum Gasteiger partial charge on any atom is -0.495 e. The van der Waals surface area contributed by atoms with E-state index in [1.54, 1.807) is 38.6 Å². The third kappa shape index (κ3) is 2.71. The Hall–Kier alpha value is -2.01. The van der Waals surface area contributed by atoms with Crippen LogP contribution in [0.15, 0.2) is 30.6 Å². The smallest absolute Gasteiger partial charge is 0.241 e. The van der Waals surface area contributed by atoms with E-state index in [2.05, 4.69) is 5.10 Å². The van der Waals surface area contributed by atoms with Crippen LogP contribution in [0.3, 0.4) is 0 Å². The maximum atomic E-state index is 11.1. The second-order valence-corrected chi connectivity index (χ2v) is 4.54. The molecule has 1 heterocycles. The molecule has 0 radical (unpaired) electrons. The zero-order valence-electron chi connectivity index (χ0n) is 10.6. The minimum absolute atomic E-state index is 0.428. The Labute approximate surface area is 115 Å². The van der Waals surface area contributed by atoms with Gasteiger partial charge in [-0.15, -0.1) is 0 Å². The van der Waals surface area contributed by atoms with Crippen LogP contribution in [0.2, 0.25) is 5.02 Å². The summed E-state index contributed by atoms with van der Waals surface area (Å²) in [5.74, 6) is 0.186. The molecule has 1 amide bonds. The van der Waals surface area contributed by atoms with Crippen LogP contribution < -0.4 is 10.5 Å². The number of rotatable bonds is 4. The fourth-order valence-electron chi connectivity index (χ4n) is 1.68.